The molecule has 0 saturated carbocycles. The standard InChI is InChI=1S/C12H9BrN2O/c13-10-7-4-8-14-11(10)12(16)15-9-5-2-1-3-6-9/h1-8H,(H,15,16). The zero-order chi connectivity index (χ0) is 11.4. The van der Waals surface area contributed by atoms with E-state index in [1.807, 2.05) is 30.3 Å². The normalized spacial score (nSPS) is 9.81. The van der Waals surface area contributed by atoms with Gasteiger partial charge in [-0.1, -0.05) is 18.2 Å². The highest BCUT2D eigenvalue weighted by Crippen LogP contribution is 2.15. The molecule has 0 radical (unpaired) electrons. The molecule has 0 fully saturated rings. The number of hydrogen-bond donors (Lipinski definition) is 1. The van der Waals surface area contributed by atoms with Crippen LogP contribution in [0.25, 0.3) is 0 Å². The van der Waals surface area contributed by atoms with Crippen LogP contribution in [0.15, 0.2) is 53.1 Å². The Balaban J connectivity index is 2.19. The molecule has 0 aliphatic rings. The van der Waals surface area contributed by atoms with E-state index in [2.05, 4.69) is 26.2 Å². The molecule has 0 unspecified atom stereocenters. The van der Waals surface area contributed by atoms with Crippen molar-refractivity contribution >= 4 is 27.5 Å². The number of hydrogen-bond acceptors (Lipinski definition) is 2. The van der Waals surface area contributed by atoms with Crippen LogP contribution >= 0.6 is 15.9 Å². The minimum Gasteiger partial charge on any atom is -0.321 e. The van der Waals surface area contributed by atoms with Crippen LogP contribution in [0.1, 0.15) is 10.5 Å². The predicted molar refractivity (Wildman–Crippen MR) is 66.3 cm³/mol. The second-order valence-electron chi connectivity index (χ2n) is 3.15. The first-order valence-electron chi connectivity index (χ1n) is 4.74. The van der Waals surface area contributed by atoms with E-state index in [1.165, 1.54) is 0 Å². The lowest BCUT2D eigenvalue weighted by molar-refractivity contribution is 0.102. The Morgan fingerprint density at radius 1 is 1.12 bits per heavy atom. The van der Waals surface area contributed by atoms with Gasteiger partial charge in [-0.2, -0.15) is 0 Å². The number of amides is 1. The molecular weight excluding hydrogens is 268 g/mol. The van der Waals surface area contributed by atoms with Gasteiger partial charge >= 0.3 is 0 Å². The quantitative estimate of drug-likeness (QED) is 0.916. The van der Waals surface area contributed by atoms with Crippen molar-refractivity contribution in [1.82, 2.24) is 4.98 Å². The topological polar surface area (TPSA) is 42.0 Å². The van der Waals surface area contributed by atoms with Crippen molar-refractivity contribution in [2.75, 3.05) is 5.32 Å². The number of halogens is 1. The summed E-state index contributed by atoms with van der Waals surface area (Å²) < 4.78 is 0.684. The van der Waals surface area contributed by atoms with E-state index in [0.29, 0.717) is 10.2 Å². The van der Waals surface area contributed by atoms with Gasteiger partial charge in [0.2, 0.25) is 0 Å². The number of benzene rings is 1. The minimum atomic E-state index is -0.223. The van der Waals surface area contributed by atoms with Crippen molar-refractivity contribution in [1.29, 1.82) is 0 Å². The second kappa shape index (κ2) is 4.90. The van der Waals surface area contributed by atoms with Crippen LogP contribution in [0.2, 0.25) is 0 Å². The van der Waals surface area contributed by atoms with Gasteiger partial charge in [-0.05, 0) is 40.2 Å². The molecule has 0 spiro atoms. The fourth-order valence-electron chi connectivity index (χ4n) is 1.26. The fraction of sp³-hybridized carbons (Fsp3) is 0. The van der Waals surface area contributed by atoms with Crippen LogP contribution in [0.5, 0.6) is 0 Å². The van der Waals surface area contributed by atoms with E-state index in [1.54, 1.807) is 18.3 Å². The lowest BCUT2D eigenvalue weighted by Crippen LogP contribution is -2.14. The molecule has 3 nitrogen and oxygen atoms in total. The zero-order valence-corrected chi connectivity index (χ0v) is 9.94. The highest BCUT2D eigenvalue weighted by molar-refractivity contribution is 9.10. The van der Waals surface area contributed by atoms with Gasteiger partial charge in [0.15, 0.2) is 0 Å². The van der Waals surface area contributed by atoms with E-state index >= 15 is 0 Å². The number of pyridine rings is 1. The first-order valence-corrected chi connectivity index (χ1v) is 5.53. The molecule has 0 aliphatic carbocycles. The number of anilines is 1. The van der Waals surface area contributed by atoms with Crippen LogP contribution in [0, 0.1) is 0 Å². The third kappa shape index (κ3) is 2.46. The van der Waals surface area contributed by atoms with Gasteiger partial charge in [-0.25, -0.2) is 4.98 Å². The van der Waals surface area contributed by atoms with E-state index < -0.39 is 0 Å². The summed E-state index contributed by atoms with van der Waals surface area (Å²) in [7, 11) is 0. The number of nitrogens with zero attached hydrogens (tertiary/aromatic N) is 1. The fourth-order valence-corrected chi connectivity index (χ4v) is 1.70. The second-order valence-corrected chi connectivity index (χ2v) is 4.01. The maximum absolute atomic E-state index is 11.8. The van der Waals surface area contributed by atoms with Crippen molar-refractivity contribution in [3.8, 4) is 0 Å². The lowest BCUT2D eigenvalue weighted by atomic mass is 10.3. The number of carbonyl (C=O) groups excluding carboxylic acids is 1. The molecule has 0 aliphatic heterocycles. The minimum absolute atomic E-state index is 0.223. The summed E-state index contributed by atoms with van der Waals surface area (Å²) in [6.45, 7) is 0. The summed E-state index contributed by atoms with van der Waals surface area (Å²) in [5.41, 5.74) is 1.14. The third-order valence-electron chi connectivity index (χ3n) is 2.01. The van der Waals surface area contributed by atoms with Gasteiger partial charge in [0.05, 0.1) is 0 Å². The molecule has 16 heavy (non-hydrogen) atoms. The van der Waals surface area contributed by atoms with Crippen LogP contribution in [-0.2, 0) is 0 Å². The highest BCUT2D eigenvalue weighted by Gasteiger charge is 2.10. The number of aromatic nitrogens is 1. The predicted octanol–water partition coefficient (Wildman–Crippen LogP) is 3.10. The Hall–Kier alpha value is -1.68. The molecule has 0 atom stereocenters. The molecule has 80 valence electrons. The summed E-state index contributed by atoms with van der Waals surface area (Å²) in [5, 5.41) is 2.77. The summed E-state index contributed by atoms with van der Waals surface area (Å²) >= 11 is 3.29. The van der Waals surface area contributed by atoms with E-state index in [-0.39, 0.29) is 5.91 Å². The molecule has 1 aromatic carbocycles. The summed E-state index contributed by atoms with van der Waals surface area (Å²) in [5.74, 6) is -0.223. The van der Waals surface area contributed by atoms with Gasteiger partial charge in [-0.3, -0.25) is 4.79 Å². The van der Waals surface area contributed by atoms with Crippen molar-refractivity contribution < 1.29 is 4.79 Å². The van der Waals surface area contributed by atoms with Gasteiger partial charge < -0.3 is 5.32 Å². The Morgan fingerprint density at radius 2 is 1.88 bits per heavy atom. The molecular formula is C12H9BrN2O. The van der Waals surface area contributed by atoms with E-state index in [0.717, 1.165) is 5.69 Å². The van der Waals surface area contributed by atoms with Crippen LogP contribution in [0.3, 0.4) is 0 Å². The first kappa shape index (κ1) is 10.8. The van der Waals surface area contributed by atoms with Crippen molar-refractivity contribution in [2.45, 2.75) is 0 Å². The van der Waals surface area contributed by atoms with Gasteiger partial charge in [0, 0.05) is 16.4 Å². The molecule has 0 bridgehead atoms. The molecule has 2 rings (SSSR count). The van der Waals surface area contributed by atoms with Crippen molar-refractivity contribution in [3.05, 3.63) is 58.8 Å². The molecule has 1 aromatic heterocycles. The van der Waals surface area contributed by atoms with Crippen molar-refractivity contribution in [2.24, 2.45) is 0 Å². The maximum Gasteiger partial charge on any atom is 0.275 e. The lowest BCUT2D eigenvalue weighted by Gasteiger charge is -2.05. The summed E-state index contributed by atoms with van der Waals surface area (Å²) in [6.07, 6.45) is 1.59. The smallest absolute Gasteiger partial charge is 0.275 e. The van der Waals surface area contributed by atoms with Gasteiger partial charge in [0.1, 0.15) is 5.69 Å². The zero-order valence-electron chi connectivity index (χ0n) is 8.35. The van der Waals surface area contributed by atoms with Crippen LogP contribution < -0.4 is 5.32 Å². The molecule has 0 saturated heterocycles. The Kier molecular flexibility index (Phi) is 3.31. The molecule has 4 heteroatoms. The van der Waals surface area contributed by atoms with Gasteiger partial charge in [-0.15, -0.1) is 0 Å². The number of rotatable bonds is 2. The average Bonchev–Trinajstić information content (AvgIpc) is 2.31. The number of nitrogens with one attached hydrogen (secondary N) is 1. The Morgan fingerprint density at radius 3 is 2.56 bits per heavy atom. The van der Waals surface area contributed by atoms with Crippen LogP contribution in [0.4, 0.5) is 5.69 Å². The maximum atomic E-state index is 11.8. The molecule has 2 aromatic rings. The first-order chi connectivity index (χ1) is 7.77. The SMILES string of the molecule is O=C(Nc1ccccc1)c1ncccc1Br. The van der Waals surface area contributed by atoms with E-state index in [4.69, 9.17) is 0 Å². The molecule has 1 heterocycles. The van der Waals surface area contributed by atoms with Crippen LogP contribution in [-0.4, -0.2) is 10.9 Å². The molecule has 1 N–H and O–H groups in total. The van der Waals surface area contributed by atoms with Crippen molar-refractivity contribution in [3.63, 3.8) is 0 Å². The molecule has 1 amide bonds. The third-order valence-corrected chi connectivity index (χ3v) is 2.65. The summed E-state index contributed by atoms with van der Waals surface area (Å²) in [6, 6.07) is 12.8. The Labute approximate surface area is 102 Å². The summed E-state index contributed by atoms with van der Waals surface area (Å²) in [4.78, 5) is 15.8. The average molecular weight is 277 g/mol. The van der Waals surface area contributed by atoms with E-state index in [9.17, 15) is 4.79 Å². The highest BCUT2D eigenvalue weighted by atomic mass is 79.9. The van der Waals surface area contributed by atoms with Gasteiger partial charge in [0.25, 0.3) is 5.91 Å². The number of para-hydroxylation sites is 1. The largest absolute Gasteiger partial charge is 0.321 e. The monoisotopic (exact) mass is 276 g/mol. The number of carbonyl (C=O) groups is 1. The Bertz CT molecular complexity index is 499.